The van der Waals surface area contributed by atoms with Crippen LogP contribution in [-0.2, 0) is 0 Å². The van der Waals surface area contributed by atoms with E-state index < -0.39 is 0 Å². The molecule has 1 N–H and O–H groups in total. The molecule has 0 atom stereocenters. The first-order valence-electron chi connectivity index (χ1n) is 7.47. The Labute approximate surface area is 144 Å². The van der Waals surface area contributed by atoms with Crippen LogP contribution in [0.5, 0.6) is 11.5 Å². The van der Waals surface area contributed by atoms with Gasteiger partial charge in [0, 0.05) is 11.6 Å². The van der Waals surface area contributed by atoms with Gasteiger partial charge >= 0.3 is 0 Å². The number of nitrogens with one attached hydrogen (secondary N) is 1. The summed E-state index contributed by atoms with van der Waals surface area (Å²) in [5.41, 5.74) is 0.596. The van der Waals surface area contributed by atoms with E-state index in [1.165, 1.54) is 0 Å². The van der Waals surface area contributed by atoms with Gasteiger partial charge in [0.1, 0.15) is 24.7 Å². The maximum Gasteiger partial charge on any atom is 0.251 e. The summed E-state index contributed by atoms with van der Waals surface area (Å²) < 4.78 is 12.0. The lowest BCUT2D eigenvalue weighted by atomic mass is 10.2. The normalized spacial score (nSPS) is 10.4. The van der Waals surface area contributed by atoms with E-state index in [-0.39, 0.29) is 11.9 Å². The molecule has 0 bridgehead atoms. The Morgan fingerprint density at radius 1 is 1.09 bits per heavy atom. The van der Waals surface area contributed by atoms with E-state index >= 15 is 0 Å². The van der Waals surface area contributed by atoms with Gasteiger partial charge in [-0.1, -0.05) is 18.2 Å². The quantitative estimate of drug-likeness (QED) is 0.740. The maximum atomic E-state index is 11.9. The van der Waals surface area contributed by atoms with Gasteiger partial charge in [0.05, 0.1) is 4.47 Å². The summed E-state index contributed by atoms with van der Waals surface area (Å²) in [6, 6.07) is 15.0. The largest absolute Gasteiger partial charge is 0.490 e. The van der Waals surface area contributed by atoms with Crippen LogP contribution >= 0.6 is 15.9 Å². The summed E-state index contributed by atoms with van der Waals surface area (Å²) in [6.07, 6.45) is 0. The predicted octanol–water partition coefficient (Wildman–Crippen LogP) is 4.05. The molecule has 0 unspecified atom stereocenters. The molecule has 2 rings (SSSR count). The zero-order valence-corrected chi connectivity index (χ0v) is 14.8. The Kier molecular flexibility index (Phi) is 6.47. The summed E-state index contributed by atoms with van der Waals surface area (Å²) in [4.78, 5) is 11.9. The molecule has 2 aromatic rings. The molecule has 0 aliphatic rings. The van der Waals surface area contributed by atoms with Gasteiger partial charge < -0.3 is 14.8 Å². The fourth-order valence-corrected chi connectivity index (χ4v) is 2.43. The molecule has 1 amide bonds. The first-order chi connectivity index (χ1) is 11.1. The summed E-state index contributed by atoms with van der Waals surface area (Å²) in [7, 11) is 0. The number of hydrogen-bond acceptors (Lipinski definition) is 3. The van der Waals surface area contributed by atoms with Crippen LogP contribution in [0.2, 0.25) is 0 Å². The average Bonchev–Trinajstić information content (AvgIpc) is 2.53. The number of benzene rings is 2. The van der Waals surface area contributed by atoms with Crippen LogP contribution in [0.4, 0.5) is 0 Å². The molecule has 0 saturated carbocycles. The van der Waals surface area contributed by atoms with E-state index in [0.29, 0.717) is 24.5 Å². The highest BCUT2D eigenvalue weighted by atomic mass is 79.9. The second kappa shape index (κ2) is 8.58. The van der Waals surface area contributed by atoms with Gasteiger partial charge in [0.25, 0.3) is 5.91 Å². The minimum absolute atomic E-state index is 0.0975. The zero-order valence-electron chi connectivity index (χ0n) is 13.2. The van der Waals surface area contributed by atoms with Gasteiger partial charge in [-0.05, 0) is 60.1 Å². The number of ether oxygens (including phenoxy) is 2. The van der Waals surface area contributed by atoms with Crippen LogP contribution in [0.1, 0.15) is 24.2 Å². The third-order valence-electron chi connectivity index (χ3n) is 2.97. The molecule has 0 aliphatic heterocycles. The SMILES string of the molecule is CC(C)NC(=O)c1ccc(OCCOc2ccccc2)c(Br)c1. The van der Waals surface area contributed by atoms with Crippen LogP contribution in [0.3, 0.4) is 0 Å². The third-order valence-corrected chi connectivity index (χ3v) is 3.59. The lowest BCUT2D eigenvalue weighted by Gasteiger charge is -2.12. The number of halogens is 1. The monoisotopic (exact) mass is 377 g/mol. The van der Waals surface area contributed by atoms with E-state index in [9.17, 15) is 4.79 Å². The molecule has 2 aromatic carbocycles. The van der Waals surface area contributed by atoms with E-state index in [0.717, 1.165) is 10.2 Å². The fraction of sp³-hybridized carbons (Fsp3) is 0.278. The van der Waals surface area contributed by atoms with Gasteiger partial charge in [0.2, 0.25) is 0 Å². The van der Waals surface area contributed by atoms with Gasteiger partial charge in [-0.2, -0.15) is 0 Å². The minimum atomic E-state index is -0.0975. The van der Waals surface area contributed by atoms with Crippen molar-refractivity contribution in [3.63, 3.8) is 0 Å². The number of carbonyl (C=O) groups is 1. The van der Waals surface area contributed by atoms with Crippen molar-refractivity contribution in [2.75, 3.05) is 13.2 Å². The first kappa shape index (κ1) is 17.3. The lowest BCUT2D eigenvalue weighted by molar-refractivity contribution is 0.0943. The molecule has 0 spiro atoms. The van der Waals surface area contributed by atoms with E-state index in [1.54, 1.807) is 18.2 Å². The second-order valence-corrected chi connectivity index (χ2v) is 6.14. The number of para-hydroxylation sites is 1. The highest BCUT2D eigenvalue weighted by Crippen LogP contribution is 2.26. The van der Waals surface area contributed by atoms with Crippen LogP contribution in [0, 0.1) is 0 Å². The maximum absolute atomic E-state index is 11.9. The Morgan fingerprint density at radius 2 is 1.78 bits per heavy atom. The molecule has 0 aliphatic carbocycles. The van der Waals surface area contributed by atoms with Gasteiger partial charge in [-0.25, -0.2) is 0 Å². The van der Waals surface area contributed by atoms with Gasteiger partial charge in [-0.3, -0.25) is 4.79 Å². The van der Waals surface area contributed by atoms with Gasteiger partial charge in [0.15, 0.2) is 0 Å². The van der Waals surface area contributed by atoms with Crippen LogP contribution in [0.15, 0.2) is 53.0 Å². The zero-order chi connectivity index (χ0) is 16.7. The van der Waals surface area contributed by atoms with Crippen LogP contribution in [0.25, 0.3) is 0 Å². The molecule has 0 fully saturated rings. The molecule has 0 aromatic heterocycles. The molecular formula is C18H20BrNO3. The highest BCUT2D eigenvalue weighted by molar-refractivity contribution is 9.10. The second-order valence-electron chi connectivity index (χ2n) is 5.28. The summed E-state index contributed by atoms with van der Waals surface area (Å²) in [6.45, 7) is 4.73. The van der Waals surface area contributed by atoms with Crippen molar-refractivity contribution in [2.24, 2.45) is 0 Å². The highest BCUT2D eigenvalue weighted by Gasteiger charge is 2.10. The number of carbonyl (C=O) groups excluding carboxylic acids is 1. The van der Waals surface area contributed by atoms with E-state index in [4.69, 9.17) is 9.47 Å². The summed E-state index contributed by atoms with van der Waals surface area (Å²) >= 11 is 3.43. The molecular weight excluding hydrogens is 358 g/mol. The number of amides is 1. The van der Waals surface area contributed by atoms with Crippen molar-refractivity contribution < 1.29 is 14.3 Å². The molecule has 0 saturated heterocycles. The minimum Gasteiger partial charge on any atom is -0.490 e. The van der Waals surface area contributed by atoms with Gasteiger partial charge in [-0.15, -0.1) is 0 Å². The average molecular weight is 378 g/mol. The molecule has 5 heteroatoms. The van der Waals surface area contributed by atoms with Crippen molar-refractivity contribution in [2.45, 2.75) is 19.9 Å². The Balaban J connectivity index is 1.85. The summed E-state index contributed by atoms with van der Waals surface area (Å²) in [5.74, 6) is 1.40. The topological polar surface area (TPSA) is 47.6 Å². The van der Waals surface area contributed by atoms with E-state index in [2.05, 4.69) is 21.2 Å². The number of hydrogen-bond donors (Lipinski definition) is 1. The molecule has 23 heavy (non-hydrogen) atoms. The van der Waals surface area contributed by atoms with E-state index in [1.807, 2.05) is 44.2 Å². The molecule has 122 valence electrons. The fourth-order valence-electron chi connectivity index (χ4n) is 1.93. The first-order valence-corrected chi connectivity index (χ1v) is 8.26. The van der Waals surface area contributed by atoms with Crippen LogP contribution < -0.4 is 14.8 Å². The molecule has 4 nitrogen and oxygen atoms in total. The third kappa shape index (κ3) is 5.60. The standard InChI is InChI=1S/C18H20BrNO3/c1-13(2)20-18(21)14-8-9-17(16(19)12-14)23-11-10-22-15-6-4-3-5-7-15/h3-9,12-13H,10-11H2,1-2H3,(H,20,21). The Hall–Kier alpha value is -2.01. The van der Waals surface area contributed by atoms with Crippen molar-refractivity contribution in [1.29, 1.82) is 0 Å². The van der Waals surface area contributed by atoms with Crippen molar-refractivity contribution >= 4 is 21.8 Å². The van der Waals surface area contributed by atoms with Crippen molar-refractivity contribution in [1.82, 2.24) is 5.32 Å². The smallest absolute Gasteiger partial charge is 0.251 e. The predicted molar refractivity (Wildman–Crippen MR) is 94.2 cm³/mol. The summed E-state index contributed by atoms with van der Waals surface area (Å²) in [5, 5.41) is 2.86. The van der Waals surface area contributed by atoms with Crippen molar-refractivity contribution in [3.05, 3.63) is 58.6 Å². The van der Waals surface area contributed by atoms with Crippen LogP contribution in [-0.4, -0.2) is 25.2 Å². The molecule has 0 heterocycles. The van der Waals surface area contributed by atoms with Crippen molar-refractivity contribution in [3.8, 4) is 11.5 Å². The molecule has 0 radical (unpaired) electrons. The number of rotatable bonds is 7. The lowest BCUT2D eigenvalue weighted by Crippen LogP contribution is -2.30. The Bertz CT molecular complexity index is 644. The Morgan fingerprint density at radius 3 is 2.43 bits per heavy atom.